The average Bonchev–Trinajstić information content (AvgIpc) is 2.47. The first-order valence-electron chi connectivity index (χ1n) is 7.63. The molecule has 1 unspecified atom stereocenters. The molecule has 1 fully saturated rings. The third-order valence-corrected chi connectivity index (χ3v) is 4.34. The van der Waals surface area contributed by atoms with Crippen LogP contribution < -0.4 is 4.74 Å². The Morgan fingerprint density at radius 1 is 1.41 bits per heavy atom. The highest BCUT2D eigenvalue weighted by Crippen LogP contribution is 2.19. The number of hydrogen-bond donors (Lipinski definition) is 1. The van der Waals surface area contributed by atoms with Crippen molar-refractivity contribution in [3.8, 4) is 5.75 Å². The van der Waals surface area contributed by atoms with Gasteiger partial charge in [-0.15, -0.1) is 0 Å². The molecule has 122 valence electrons. The zero-order valence-corrected chi connectivity index (χ0v) is 14.0. The number of thioether (sulfide) groups is 1. The smallest absolute Gasteiger partial charge is 0.296 e. The first-order valence-corrected chi connectivity index (χ1v) is 8.61. The zero-order valence-electron chi connectivity index (χ0n) is 13.2. The maximum Gasteiger partial charge on any atom is 0.296 e. The van der Waals surface area contributed by atoms with Crippen LogP contribution in [0, 0.1) is 6.92 Å². The molecule has 1 atom stereocenters. The Morgan fingerprint density at radius 2 is 2.23 bits per heavy atom. The fourth-order valence-electron chi connectivity index (χ4n) is 2.31. The van der Waals surface area contributed by atoms with Crippen molar-refractivity contribution < 1.29 is 14.6 Å². The quantitative estimate of drug-likeness (QED) is 0.835. The standard InChI is InChI=1S/C16H24N2O3S/c1-13-4-3-5-15(12-13)21-10-8-18-16(20)22-11-9-17(18)7-6-14(2)19/h3-5,12,14,19H,6-11H2,1-2H3. The van der Waals surface area contributed by atoms with Crippen LogP contribution in [0.1, 0.15) is 18.9 Å². The van der Waals surface area contributed by atoms with Gasteiger partial charge in [0.15, 0.2) is 0 Å². The lowest BCUT2D eigenvalue weighted by Gasteiger charge is -2.38. The average molecular weight is 324 g/mol. The molecule has 0 spiro atoms. The van der Waals surface area contributed by atoms with E-state index in [9.17, 15) is 9.90 Å². The van der Waals surface area contributed by atoms with Gasteiger partial charge < -0.3 is 9.84 Å². The molecule has 1 heterocycles. The molecular weight excluding hydrogens is 300 g/mol. The van der Waals surface area contributed by atoms with Crippen molar-refractivity contribution in [1.82, 2.24) is 10.0 Å². The Bertz CT molecular complexity index is 496. The van der Waals surface area contributed by atoms with Gasteiger partial charge >= 0.3 is 0 Å². The molecule has 5 nitrogen and oxygen atoms in total. The van der Waals surface area contributed by atoms with Gasteiger partial charge in [-0.05, 0) is 38.0 Å². The highest BCUT2D eigenvalue weighted by molar-refractivity contribution is 8.13. The number of ether oxygens (including phenoxy) is 1. The maximum atomic E-state index is 12.1. The molecule has 1 aromatic carbocycles. The molecule has 0 saturated carbocycles. The van der Waals surface area contributed by atoms with E-state index < -0.39 is 0 Å². The molecule has 0 bridgehead atoms. The normalized spacial score (nSPS) is 17.6. The summed E-state index contributed by atoms with van der Waals surface area (Å²) in [4.78, 5) is 12.1. The first kappa shape index (κ1) is 17.1. The fraction of sp³-hybridized carbons (Fsp3) is 0.562. The third-order valence-electron chi connectivity index (χ3n) is 3.49. The van der Waals surface area contributed by atoms with E-state index >= 15 is 0 Å². The van der Waals surface area contributed by atoms with Crippen LogP contribution in [-0.2, 0) is 0 Å². The summed E-state index contributed by atoms with van der Waals surface area (Å²) < 4.78 is 5.73. The predicted octanol–water partition coefficient (Wildman–Crippen LogP) is 2.53. The number of benzene rings is 1. The lowest BCUT2D eigenvalue weighted by Crippen LogP contribution is -2.51. The van der Waals surface area contributed by atoms with E-state index in [1.54, 1.807) is 11.9 Å². The largest absolute Gasteiger partial charge is 0.492 e. The summed E-state index contributed by atoms with van der Waals surface area (Å²) in [5, 5.41) is 13.2. The Morgan fingerprint density at radius 3 is 2.95 bits per heavy atom. The summed E-state index contributed by atoms with van der Waals surface area (Å²) in [5.74, 6) is 1.63. The summed E-state index contributed by atoms with van der Waals surface area (Å²) in [6.45, 7) is 6.30. The number of rotatable bonds is 7. The van der Waals surface area contributed by atoms with E-state index in [1.165, 1.54) is 11.8 Å². The number of aryl methyl sites for hydroxylation is 1. The van der Waals surface area contributed by atoms with Gasteiger partial charge in [0.1, 0.15) is 12.4 Å². The summed E-state index contributed by atoms with van der Waals surface area (Å²) in [6, 6.07) is 7.89. The molecular formula is C16H24N2O3S. The van der Waals surface area contributed by atoms with E-state index in [1.807, 2.05) is 36.2 Å². The van der Waals surface area contributed by atoms with Crippen LogP contribution in [0.25, 0.3) is 0 Å². The molecule has 0 radical (unpaired) electrons. The number of aliphatic hydroxyl groups excluding tert-OH is 1. The number of hydrazine groups is 1. The van der Waals surface area contributed by atoms with Gasteiger partial charge in [-0.1, -0.05) is 23.9 Å². The second-order valence-electron chi connectivity index (χ2n) is 5.49. The minimum atomic E-state index is -0.352. The Balaban J connectivity index is 1.85. The Hall–Kier alpha value is -1.24. The van der Waals surface area contributed by atoms with Crippen molar-refractivity contribution in [1.29, 1.82) is 0 Å². The molecule has 6 heteroatoms. The molecule has 1 saturated heterocycles. The molecule has 0 aromatic heterocycles. The lowest BCUT2D eigenvalue weighted by atomic mass is 10.2. The summed E-state index contributed by atoms with van der Waals surface area (Å²) in [6.07, 6.45) is 0.308. The minimum Gasteiger partial charge on any atom is -0.492 e. The predicted molar refractivity (Wildman–Crippen MR) is 89.1 cm³/mol. The number of carbonyl (C=O) groups excluding carboxylic acids is 1. The molecule has 1 amide bonds. The highest BCUT2D eigenvalue weighted by atomic mass is 32.2. The van der Waals surface area contributed by atoms with Crippen LogP contribution in [0.4, 0.5) is 4.79 Å². The van der Waals surface area contributed by atoms with Gasteiger partial charge in [0.25, 0.3) is 5.24 Å². The molecule has 22 heavy (non-hydrogen) atoms. The van der Waals surface area contributed by atoms with Crippen molar-refractivity contribution in [2.24, 2.45) is 0 Å². The van der Waals surface area contributed by atoms with Crippen molar-refractivity contribution in [2.45, 2.75) is 26.4 Å². The first-order chi connectivity index (χ1) is 10.6. The monoisotopic (exact) mass is 324 g/mol. The SMILES string of the molecule is Cc1cccc(OCCN2C(=O)SCCN2CCC(C)O)c1. The van der Waals surface area contributed by atoms with Crippen LogP contribution in [-0.4, -0.2) is 58.5 Å². The van der Waals surface area contributed by atoms with Gasteiger partial charge in [-0.2, -0.15) is 0 Å². The van der Waals surface area contributed by atoms with E-state index in [-0.39, 0.29) is 11.3 Å². The number of aliphatic hydroxyl groups is 1. The van der Waals surface area contributed by atoms with Crippen LogP contribution in [0.2, 0.25) is 0 Å². The maximum absolute atomic E-state index is 12.1. The van der Waals surface area contributed by atoms with Gasteiger partial charge in [-0.3, -0.25) is 9.80 Å². The summed E-state index contributed by atoms with van der Waals surface area (Å²) >= 11 is 1.34. The van der Waals surface area contributed by atoms with Crippen LogP contribution in [0.5, 0.6) is 5.75 Å². The number of hydrogen-bond acceptors (Lipinski definition) is 5. The van der Waals surface area contributed by atoms with Crippen LogP contribution in [0.3, 0.4) is 0 Å². The minimum absolute atomic E-state index is 0.0599. The molecule has 0 aliphatic carbocycles. The molecule has 1 aliphatic rings. The van der Waals surface area contributed by atoms with Crippen LogP contribution >= 0.6 is 11.8 Å². The third kappa shape index (κ3) is 5.19. The zero-order chi connectivity index (χ0) is 15.9. The van der Waals surface area contributed by atoms with Crippen LogP contribution in [0.15, 0.2) is 24.3 Å². The van der Waals surface area contributed by atoms with Crippen molar-refractivity contribution in [3.63, 3.8) is 0 Å². The highest BCUT2D eigenvalue weighted by Gasteiger charge is 2.26. The van der Waals surface area contributed by atoms with E-state index in [4.69, 9.17) is 4.74 Å². The fourth-order valence-corrected chi connectivity index (χ4v) is 3.14. The second kappa shape index (κ2) is 8.41. The van der Waals surface area contributed by atoms with Crippen molar-refractivity contribution in [3.05, 3.63) is 29.8 Å². The molecule has 1 N–H and O–H groups in total. The van der Waals surface area contributed by atoms with Crippen molar-refractivity contribution in [2.75, 3.05) is 32.0 Å². The molecule has 1 aliphatic heterocycles. The molecule has 1 aromatic rings. The van der Waals surface area contributed by atoms with Gasteiger partial charge in [0.2, 0.25) is 0 Å². The number of carbonyl (C=O) groups is 1. The van der Waals surface area contributed by atoms with E-state index in [2.05, 4.69) is 0 Å². The van der Waals surface area contributed by atoms with E-state index in [0.29, 0.717) is 26.1 Å². The van der Waals surface area contributed by atoms with Gasteiger partial charge in [0.05, 0.1) is 12.6 Å². The summed E-state index contributed by atoms with van der Waals surface area (Å²) in [7, 11) is 0. The lowest BCUT2D eigenvalue weighted by molar-refractivity contribution is 0.00771. The molecule has 2 rings (SSSR count). The van der Waals surface area contributed by atoms with Gasteiger partial charge in [0, 0.05) is 18.8 Å². The number of nitrogens with zero attached hydrogens (tertiary/aromatic N) is 2. The Labute approximate surface area is 136 Å². The number of amides is 1. The Kier molecular flexibility index (Phi) is 6.54. The summed E-state index contributed by atoms with van der Waals surface area (Å²) in [5.41, 5.74) is 1.15. The van der Waals surface area contributed by atoms with Crippen molar-refractivity contribution >= 4 is 17.0 Å². The van der Waals surface area contributed by atoms with Gasteiger partial charge in [-0.25, -0.2) is 5.01 Å². The second-order valence-corrected chi connectivity index (χ2v) is 6.54. The van der Waals surface area contributed by atoms with E-state index in [0.717, 1.165) is 23.6 Å². The topological polar surface area (TPSA) is 53.0 Å².